The van der Waals surface area contributed by atoms with Crippen molar-refractivity contribution < 1.29 is 9.53 Å². The molecule has 2 rings (SSSR count). The number of carbonyl (C=O) groups excluding carboxylic acids is 1. The summed E-state index contributed by atoms with van der Waals surface area (Å²) in [5.41, 5.74) is 1.12. The monoisotopic (exact) mass is 241 g/mol. The van der Waals surface area contributed by atoms with Crippen molar-refractivity contribution in [2.75, 3.05) is 32.6 Å². The first kappa shape index (κ1) is 11.5. The number of nitrogens with one attached hydrogen (secondary N) is 1. The fourth-order valence-corrected chi connectivity index (χ4v) is 2.77. The molecule has 0 spiro atoms. The smallest absolute Gasteiger partial charge is 0.252 e. The van der Waals surface area contributed by atoms with Gasteiger partial charge in [-0.15, -0.1) is 11.3 Å². The van der Waals surface area contributed by atoms with Gasteiger partial charge in [0, 0.05) is 31.5 Å². The van der Waals surface area contributed by atoms with Crippen molar-refractivity contribution in [1.82, 2.24) is 9.88 Å². The highest BCUT2D eigenvalue weighted by atomic mass is 32.1. The number of likely N-dealkylation sites (N-methyl/N-ethyl adjacent to an activating group) is 1. The molecule has 0 aliphatic carbocycles. The van der Waals surface area contributed by atoms with Gasteiger partial charge in [0.15, 0.2) is 5.13 Å². The second kappa shape index (κ2) is 4.90. The van der Waals surface area contributed by atoms with E-state index in [4.69, 9.17) is 4.74 Å². The van der Waals surface area contributed by atoms with Crippen LogP contribution < -0.4 is 5.32 Å². The lowest BCUT2D eigenvalue weighted by Crippen LogP contribution is -2.25. The van der Waals surface area contributed by atoms with Crippen molar-refractivity contribution in [2.45, 2.75) is 13.0 Å². The van der Waals surface area contributed by atoms with E-state index in [9.17, 15) is 4.79 Å². The quantitative estimate of drug-likeness (QED) is 0.847. The number of methoxy groups -OCH3 is 1. The lowest BCUT2D eigenvalue weighted by molar-refractivity contribution is -0.119. The summed E-state index contributed by atoms with van der Waals surface area (Å²) in [6.45, 7) is 2.03. The summed E-state index contributed by atoms with van der Waals surface area (Å²) in [6.07, 6.45) is 0.961. The topological polar surface area (TPSA) is 54.5 Å². The number of rotatable bonds is 3. The van der Waals surface area contributed by atoms with Crippen LogP contribution in [0.4, 0.5) is 5.13 Å². The Morgan fingerprint density at radius 3 is 3.25 bits per heavy atom. The molecular formula is C10H15N3O2S. The molecule has 6 heteroatoms. The van der Waals surface area contributed by atoms with Crippen LogP contribution in [-0.4, -0.2) is 43.1 Å². The number of carbonyl (C=O) groups is 1. The van der Waals surface area contributed by atoms with Crippen LogP contribution in [0.1, 0.15) is 10.6 Å². The summed E-state index contributed by atoms with van der Waals surface area (Å²) >= 11 is 1.55. The lowest BCUT2D eigenvalue weighted by Gasteiger charge is -2.20. The average molecular weight is 241 g/mol. The van der Waals surface area contributed by atoms with Crippen molar-refractivity contribution in [1.29, 1.82) is 0 Å². The highest BCUT2D eigenvalue weighted by Gasteiger charge is 2.18. The Bertz CT molecular complexity index is 391. The maximum Gasteiger partial charge on any atom is 0.252 e. The normalized spacial score (nSPS) is 15.9. The van der Waals surface area contributed by atoms with E-state index in [1.807, 2.05) is 0 Å². The minimum absolute atomic E-state index is 0.0736. The molecule has 0 fully saturated rings. The van der Waals surface area contributed by atoms with Gasteiger partial charge in [0.1, 0.15) is 6.61 Å². The molecule has 0 atom stereocenters. The highest BCUT2D eigenvalue weighted by Crippen LogP contribution is 2.27. The minimum Gasteiger partial charge on any atom is -0.375 e. The molecule has 2 heterocycles. The average Bonchev–Trinajstić information content (AvgIpc) is 2.59. The second-order valence-corrected chi connectivity index (χ2v) is 4.94. The predicted molar refractivity (Wildman–Crippen MR) is 62.7 cm³/mol. The van der Waals surface area contributed by atoms with Gasteiger partial charge >= 0.3 is 0 Å². The van der Waals surface area contributed by atoms with Crippen molar-refractivity contribution in [3.05, 3.63) is 10.6 Å². The lowest BCUT2D eigenvalue weighted by atomic mass is 10.2. The van der Waals surface area contributed by atoms with Crippen molar-refractivity contribution in [3.8, 4) is 0 Å². The fraction of sp³-hybridized carbons (Fsp3) is 0.600. The zero-order valence-electron chi connectivity index (χ0n) is 9.45. The van der Waals surface area contributed by atoms with E-state index in [2.05, 4.69) is 22.2 Å². The Hall–Kier alpha value is -0.980. The van der Waals surface area contributed by atoms with E-state index in [0.717, 1.165) is 25.2 Å². The third-order valence-electron chi connectivity index (χ3n) is 2.44. The van der Waals surface area contributed by atoms with Crippen LogP contribution in [0.3, 0.4) is 0 Å². The van der Waals surface area contributed by atoms with Crippen LogP contribution in [0.5, 0.6) is 0 Å². The SMILES string of the molecule is COCC(=O)Nc1nc2c(s1)CN(C)CC2. The Morgan fingerprint density at radius 1 is 1.69 bits per heavy atom. The first-order chi connectivity index (χ1) is 7.69. The molecular weight excluding hydrogens is 226 g/mol. The van der Waals surface area contributed by atoms with Gasteiger partial charge in [0.05, 0.1) is 5.69 Å². The van der Waals surface area contributed by atoms with Gasteiger partial charge < -0.3 is 9.64 Å². The molecule has 1 aliphatic rings. The predicted octanol–water partition coefficient (Wildman–Crippen LogP) is 0.716. The van der Waals surface area contributed by atoms with Gasteiger partial charge in [-0.1, -0.05) is 0 Å². The van der Waals surface area contributed by atoms with E-state index in [0.29, 0.717) is 5.13 Å². The first-order valence-corrected chi connectivity index (χ1v) is 5.96. The van der Waals surface area contributed by atoms with Gasteiger partial charge in [-0.3, -0.25) is 10.1 Å². The van der Waals surface area contributed by atoms with Gasteiger partial charge in [0.25, 0.3) is 5.91 Å². The van der Waals surface area contributed by atoms with E-state index in [-0.39, 0.29) is 12.5 Å². The van der Waals surface area contributed by atoms with Crippen LogP contribution in [-0.2, 0) is 22.5 Å². The molecule has 0 saturated heterocycles. The standard InChI is InChI=1S/C10H15N3O2S/c1-13-4-3-7-8(5-13)16-10(11-7)12-9(14)6-15-2/h3-6H2,1-2H3,(H,11,12,14). The number of anilines is 1. The van der Waals surface area contributed by atoms with Crippen LogP contribution in [0.15, 0.2) is 0 Å². The fourth-order valence-electron chi connectivity index (χ4n) is 1.66. The molecule has 88 valence electrons. The molecule has 0 unspecified atom stereocenters. The molecule has 1 aromatic heterocycles. The molecule has 0 radical (unpaired) electrons. The molecule has 1 aliphatic heterocycles. The number of amides is 1. The van der Waals surface area contributed by atoms with E-state index < -0.39 is 0 Å². The minimum atomic E-state index is -0.151. The number of nitrogens with zero attached hydrogens (tertiary/aromatic N) is 2. The maximum atomic E-state index is 11.3. The van der Waals surface area contributed by atoms with Crippen molar-refractivity contribution in [3.63, 3.8) is 0 Å². The van der Waals surface area contributed by atoms with E-state index in [1.165, 1.54) is 12.0 Å². The summed E-state index contributed by atoms with van der Waals surface area (Å²) in [4.78, 5) is 19.2. The third kappa shape index (κ3) is 2.58. The van der Waals surface area contributed by atoms with Crippen molar-refractivity contribution in [2.24, 2.45) is 0 Å². The molecule has 1 amide bonds. The molecule has 1 aromatic rings. The van der Waals surface area contributed by atoms with Gasteiger partial charge in [-0.05, 0) is 7.05 Å². The molecule has 0 bridgehead atoms. The maximum absolute atomic E-state index is 11.3. The van der Waals surface area contributed by atoms with E-state index >= 15 is 0 Å². The Morgan fingerprint density at radius 2 is 2.50 bits per heavy atom. The Kier molecular flexibility index (Phi) is 3.52. The number of hydrogen-bond donors (Lipinski definition) is 1. The molecule has 0 saturated carbocycles. The first-order valence-electron chi connectivity index (χ1n) is 5.15. The Balaban J connectivity index is 2.04. The summed E-state index contributed by atoms with van der Waals surface area (Å²) in [7, 11) is 3.59. The van der Waals surface area contributed by atoms with Crippen LogP contribution in [0, 0.1) is 0 Å². The van der Waals surface area contributed by atoms with Crippen molar-refractivity contribution >= 4 is 22.4 Å². The van der Waals surface area contributed by atoms with Gasteiger partial charge in [-0.25, -0.2) is 4.98 Å². The number of thiazole rings is 1. The highest BCUT2D eigenvalue weighted by molar-refractivity contribution is 7.15. The van der Waals surface area contributed by atoms with Crippen LogP contribution in [0.25, 0.3) is 0 Å². The van der Waals surface area contributed by atoms with Gasteiger partial charge in [0.2, 0.25) is 0 Å². The zero-order valence-corrected chi connectivity index (χ0v) is 10.3. The third-order valence-corrected chi connectivity index (χ3v) is 3.44. The van der Waals surface area contributed by atoms with Crippen LogP contribution >= 0.6 is 11.3 Å². The molecule has 16 heavy (non-hydrogen) atoms. The van der Waals surface area contributed by atoms with E-state index in [1.54, 1.807) is 11.3 Å². The molecule has 5 nitrogen and oxygen atoms in total. The summed E-state index contributed by atoms with van der Waals surface area (Å²) in [5.74, 6) is -0.151. The largest absolute Gasteiger partial charge is 0.375 e. The Labute approximate surface area is 98.4 Å². The summed E-state index contributed by atoms with van der Waals surface area (Å²) in [5, 5.41) is 3.42. The number of hydrogen-bond acceptors (Lipinski definition) is 5. The number of ether oxygens (including phenoxy) is 1. The number of fused-ring (bicyclic) bond motifs is 1. The molecule has 1 N–H and O–H groups in total. The zero-order chi connectivity index (χ0) is 11.5. The summed E-state index contributed by atoms with van der Waals surface area (Å²) < 4.78 is 4.75. The number of aromatic nitrogens is 1. The van der Waals surface area contributed by atoms with Crippen LogP contribution in [0.2, 0.25) is 0 Å². The summed E-state index contributed by atoms with van der Waals surface area (Å²) in [6, 6.07) is 0. The molecule has 0 aromatic carbocycles. The second-order valence-electron chi connectivity index (χ2n) is 3.86. The van der Waals surface area contributed by atoms with Gasteiger partial charge in [-0.2, -0.15) is 0 Å².